The van der Waals surface area contributed by atoms with Gasteiger partial charge in [0.2, 0.25) is 5.82 Å². The molecule has 2 rings (SSSR count). The van der Waals surface area contributed by atoms with Crippen LogP contribution in [0.3, 0.4) is 0 Å². The number of hydrogen-bond acceptors (Lipinski definition) is 1. The summed E-state index contributed by atoms with van der Waals surface area (Å²) in [6.45, 7) is 4.32. The zero-order chi connectivity index (χ0) is 18.2. The van der Waals surface area contributed by atoms with Crippen LogP contribution in [0.2, 0.25) is 0 Å². The highest BCUT2D eigenvalue weighted by molar-refractivity contribution is 14.1. The fourth-order valence-corrected chi connectivity index (χ4v) is 4.78. The van der Waals surface area contributed by atoms with Crippen molar-refractivity contribution >= 4 is 22.6 Å². The van der Waals surface area contributed by atoms with Crippen molar-refractivity contribution < 1.29 is 13.5 Å². The molecule has 0 heterocycles. The number of aryl methyl sites for hydroxylation is 1. The molecule has 1 atom stereocenters. The van der Waals surface area contributed by atoms with E-state index in [0.717, 1.165) is 22.7 Å². The van der Waals surface area contributed by atoms with Crippen molar-refractivity contribution in [3.05, 3.63) is 29.3 Å². The van der Waals surface area contributed by atoms with Gasteiger partial charge in [0.25, 0.3) is 0 Å². The summed E-state index contributed by atoms with van der Waals surface area (Å²) in [5.74, 6) is -0.284. The van der Waals surface area contributed by atoms with Crippen LogP contribution in [0.1, 0.15) is 70.3 Å². The largest absolute Gasteiger partial charge is 0.490 e. The Morgan fingerprint density at radius 1 is 1.08 bits per heavy atom. The molecule has 1 aliphatic carbocycles. The second kappa shape index (κ2) is 10.7. The Bertz CT molecular complexity index is 527. The zero-order valence-electron chi connectivity index (χ0n) is 15.5. The molecule has 1 nitrogen and oxygen atoms in total. The second-order valence-corrected chi connectivity index (χ2v) is 9.28. The van der Waals surface area contributed by atoms with Gasteiger partial charge < -0.3 is 4.74 Å². The van der Waals surface area contributed by atoms with Gasteiger partial charge in [-0.15, -0.1) is 0 Å². The van der Waals surface area contributed by atoms with Gasteiger partial charge in [0.1, 0.15) is 0 Å². The summed E-state index contributed by atoms with van der Waals surface area (Å²) in [7, 11) is 0. The summed E-state index contributed by atoms with van der Waals surface area (Å²) in [5, 5.41) is 0. The van der Waals surface area contributed by atoms with E-state index in [0.29, 0.717) is 18.1 Å². The van der Waals surface area contributed by atoms with Crippen LogP contribution in [0.4, 0.5) is 8.78 Å². The van der Waals surface area contributed by atoms with Crippen molar-refractivity contribution in [2.45, 2.75) is 75.6 Å². The van der Waals surface area contributed by atoms with Gasteiger partial charge >= 0.3 is 0 Å². The molecule has 0 radical (unpaired) electrons. The Labute approximate surface area is 165 Å². The molecule has 0 aliphatic heterocycles. The van der Waals surface area contributed by atoms with Crippen LogP contribution in [0, 0.1) is 30.4 Å². The Kier molecular flexibility index (Phi) is 8.94. The molecule has 4 heteroatoms. The minimum absolute atomic E-state index is 0.0502. The lowest BCUT2D eigenvalue weighted by Crippen LogP contribution is -2.20. The molecule has 0 saturated heterocycles. The van der Waals surface area contributed by atoms with Crippen molar-refractivity contribution in [1.29, 1.82) is 0 Å². The van der Waals surface area contributed by atoms with Gasteiger partial charge in [-0.3, -0.25) is 0 Å². The van der Waals surface area contributed by atoms with Crippen LogP contribution in [-0.2, 0) is 0 Å². The van der Waals surface area contributed by atoms with Crippen molar-refractivity contribution in [1.82, 2.24) is 0 Å². The van der Waals surface area contributed by atoms with E-state index in [9.17, 15) is 8.78 Å². The second-order valence-electron chi connectivity index (χ2n) is 7.52. The lowest BCUT2D eigenvalue weighted by Gasteiger charge is -2.28. The normalized spacial score (nSPS) is 22.0. The van der Waals surface area contributed by atoms with Crippen molar-refractivity contribution in [2.24, 2.45) is 11.8 Å². The van der Waals surface area contributed by atoms with E-state index in [2.05, 4.69) is 29.5 Å². The number of benzene rings is 1. The predicted molar refractivity (Wildman–Crippen MR) is 109 cm³/mol. The Hall–Kier alpha value is -0.390. The van der Waals surface area contributed by atoms with Crippen molar-refractivity contribution in [2.75, 3.05) is 6.61 Å². The first-order valence-corrected chi connectivity index (χ1v) is 11.0. The number of hydrogen-bond donors (Lipinski definition) is 0. The first-order valence-electron chi connectivity index (χ1n) is 9.72. The molecule has 25 heavy (non-hydrogen) atoms. The van der Waals surface area contributed by atoms with E-state index < -0.39 is 11.6 Å². The lowest BCUT2D eigenvalue weighted by molar-refractivity contribution is 0.172. The fourth-order valence-electron chi connectivity index (χ4n) is 3.72. The maximum Gasteiger partial charge on any atom is 0.200 e. The molecular weight excluding hydrogens is 433 g/mol. The van der Waals surface area contributed by atoms with Crippen LogP contribution >= 0.6 is 22.6 Å². The zero-order valence-corrected chi connectivity index (χ0v) is 17.7. The highest BCUT2D eigenvalue weighted by atomic mass is 127. The maximum absolute atomic E-state index is 13.8. The van der Waals surface area contributed by atoms with Gasteiger partial charge in [-0.2, -0.15) is 4.39 Å². The molecular formula is C21H31F2IO. The van der Waals surface area contributed by atoms with E-state index >= 15 is 0 Å². The van der Waals surface area contributed by atoms with Crippen molar-refractivity contribution in [3.8, 4) is 5.75 Å². The molecule has 1 unspecified atom stereocenters. The summed E-state index contributed by atoms with van der Waals surface area (Å²) in [4.78, 5) is 0. The Morgan fingerprint density at radius 3 is 2.44 bits per heavy atom. The van der Waals surface area contributed by atoms with Crippen LogP contribution in [0.15, 0.2) is 12.1 Å². The molecule has 142 valence electrons. The number of rotatable bonds is 9. The molecule has 1 aliphatic rings. The van der Waals surface area contributed by atoms with Gasteiger partial charge in [0, 0.05) is 3.92 Å². The molecule has 0 spiro atoms. The van der Waals surface area contributed by atoms with E-state index in [1.54, 1.807) is 13.0 Å². The van der Waals surface area contributed by atoms with Crippen LogP contribution in [-0.4, -0.2) is 10.5 Å². The monoisotopic (exact) mass is 464 g/mol. The average Bonchev–Trinajstić information content (AvgIpc) is 2.60. The summed E-state index contributed by atoms with van der Waals surface area (Å²) in [6, 6.07) is 3.11. The topological polar surface area (TPSA) is 9.23 Å². The van der Waals surface area contributed by atoms with Gasteiger partial charge in [-0.1, -0.05) is 67.7 Å². The maximum atomic E-state index is 13.8. The SMILES string of the molecule is CCCC(I)CCCC1CCC(COc2ccc(C)c(F)c2F)CC1. The first-order chi connectivity index (χ1) is 12.0. The summed E-state index contributed by atoms with van der Waals surface area (Å²) >= 11 is 2.59. The van der Waals surface area contributed by atoms with Crippen molar-refractivity contribution in [3.63, 3.8) is 0 Å². The van der Waals surface area contributed by atoms with Crippen LogP contribution in [0.5, 0.6) is 5.75 Å². The molecule has 1 aromatic carbocycles. The summed E-state index contributed by atoms with van der Waals surface area (Å²) in [5.41, 5.74) is 0.318. The third kappa shape index (κ3) is 6.69. The highest BCUT2D eigenvalue weighted by Gasteiger charge is 2.22. The standard InChI is InChI=1S/C21H31F2IO/c1-3-5-18(24)7-4-6-16-9-11-17(12-10-16)14-25-19-13-8-15(2)20(22)21(19)23/h8,13,16-18H,3-7,9-12,14H2,1-2H3. The van der Waals surface area contributed by atoms with Gasteiger partial charge in [-0.25, -0.2) is 4.39 Å². The Balaban J connectivity index is 1.66. The van der Waals surface area contributed by atoms with Gasteiger partial charge in [0.05, 0.1) is 6.61 Å². The van der Waals surface area contributed by atoms with Crippen LogP contribution < -0.4 is 4.74 Å². The molecule has 0 N–H and O–H groups in total. The summed E-state index contributed by atoms with van der Waals surface area (Å²) in [6.07, 6.45) is 11.4. The summed E-state index contributed by atoms with van der Waals surface area (Å²) < 4.78 is 33.8. The average molecular weight is 464 g/mol. The molecule has 0 aromatic heterocycles. The van der Waals surface area contributed by atoms with Gasteiger partial charge in [-0.05, 0) is 56.1 Å². The third-order valence-electron chi connectivity index (χ3n) is 5.41. The van der Waals surface area contributed by atoms with Crippen LogP contribution in [0.25, 0.3) is 0 Å². The number of halogens is 3. The molecule has 1 aromatic rings. The number of alkyl halides is 1. The predicted octanol–water partition coefficient (Wildman–Crippen LogP) is 7.23. The third-order valence-corrected chi connectivity index (χ3v) is 6.66. The minimum Gasteiger partial charge on any atom is -0.490 e. The molecule has 1 fully saturated rings. The van der Waals surface area contributed by atoms with Gasteiger partial charge in [0.15, 0.2) is 11.6 Å². The van der Waals surface area contributed by atoms with E-state index in [-0.39, 0.29) is 5.75 Å². The van der Waals surface area contributed by atoms with E-state index in [4.69, 9.17) is 4.74 Å². The minimum atomic E-state index is -0.853. The number of ether oxygens (including phenoxy) is 1. The smallest absolute Gasteiger partial charge is 0.200 e. The fraction of sp³-hybridized carbons (Fsp3) is 0.714. The Morgan fingerprint density at radius 2 is 1.76 bits per heavy atom. The quantitative estimate of drug-likeness (QED) is 0.277. The molecule has 0 amide bonds. The van der Waals surface area contributed by atoms with E-state index in [1.165, 1.54) is 51.0 Å². The first kappa shape index (κ1) is 20.9. The molecule has 0 bridgehead atoms. The highest BCUT2D eigenvalue weighted by Crippen LogP contribution is 2.33. The van der Waals surface area contributed by atoms with E-state index in [1.807, 2.05) is 0 Å². The molecule has 1 saturated carbocycles. The lowest BCUT2D eigenvalue weighted by atomic mass is 9.80.